The molecule has 1 aromatic carbocycles. The Balaban J connectivity index is 1.89. The Bertz CT molecular complexity index is 603. The summed E-state index contributed by atoms with van der Waals surface area (Å²) in [7, 11) is 1.64. The molecule has 0 aliphatic carbocycles. The maximum Gasteiger partial charge on any atom is 0.194 e. The van der Waals surface area contributed by atoms with Gasteiger partial charge < -0.3 is 10.1 Å². The van der Waals surface area contributed by atoms with Crippen LogP contribution in [0.2, 0.25) is 0 Å². The van der Waals surface area contributed by atoms with Gasteiger partial charge in [0.15, 0.2) is 10.8 Å². The van der Waals surface area contributed by atoms with Crippen molar-refractivity contribution in [1.29, 1.82) is 0 Å². The van der Waals surface area contributed by atoms with E-state index in [4.69, 9.17) is 4.74 Å². The van der Waals surface area contributed by atoms with E-state index in [0.29, 0.717) is 5.01 Å². The van der Waals surface area contributed by atoms with Crippen molar-refractivity contribution in [1.82, 2.24) is 10.3 Å². The van der Waals surface area contributed by atoms with Crippen LogP contribution in [0.5, 0.6) is 5.75 Å². The predicted octanol–water partition coefficient (Wildman–Crippen LogP) is 2.49. The van der Waals surface area contributed by atoms with Crippen molar-refractivity contribution in [2.75, 3.05) is 20.2 Å². The Morgan fingerprint density at radius 2 is 2.21 bits per heavy atom. The van der Waals surface area contributed by atoms with Crippen molar-refractivity contribution in [2.24, 2.45) is 5.92 Å². The average Bonchev–Trinajstić information content (AvgIpc) is 2.90. The van der Waals surface area contributed by atoms with Gasteiger partial charge in [-0.05, 0) is 44.1 Å². The molecule has 0 atom stereocenters. The van der Waals surface area contributed by atoms with E-state index in [1.807, 2.05) is 18.2 Å². The van der Waals surface area contributed by atoms with Gasteiger partial charge in [-0.15, -0.1) is 11.3 Å². The van der Waals surface area contributed by atoms with Crippen LogP contribution >= 0.6 is 11.3 Å². The first-order chi connectivity index (χ1) is 9.28. The highest BCUT2D eigenvalue weighted by molar-refractivity contribution is 7.20. The Labute approximate surface area is 115 Å². The minimum atomic E-state index is 0.128. The number of carbonyl (C=O) groups is 1. The molecule has 3 rings (SSSR count). The maximum atomic E-state index is 12.4. The SMILES string of the molecule is COc1ccc2nc(C(=O)C3CCNCC3)sc2c1. The first-order valence-electron chi connectivity index (χ1n) is 6.47. The van der Waals surface area contributed by atoms with Gasteiger partial charge in [0.25, 0.3) is 0 Å². The van der Waals surface area contributed by atoms with Crippen molar-refractivity contribution in [2.45, 2.75) is 12.8 Å². The zero-order valence-electron chi connectivity index (χ0n) is 10.8. The van der Waals surface area contributed by atoms with Gasteiger partial charge in [0, 0.05) is 5.92 Å². The molecule has 19 heavy (non-hydrogen) atoms. The van der Waals surface area contributed by atoms with E-state index >= 15 is 0 Å². The largest absolute Gasteiger partial charge is 0.497 e. The minimum Gasteiger partial charge on any atom is -0.497 e. The molecule has 2 heterocycles. The van der Waals surface area contributed by atoms with E-state index < -0.39 is 0 Å². The first-order valence-corrected chi connectivity index (χ1v) is 7.29. The fourth-order valence-electron chi connectivity index (χ4n) is 2.40. The molecule has 1 fully saturated rings. The molecule has 1 aromatic heterocycles. The van der Waals surface area contributed by atoms with E-state index in [1.165, 1.54) is 11.3 Å². The third-order valence-corrected chi connectivity index (χ3v) is 4.55. The highest BCUT2D eigenvalue weighted by Crippen LogP contribution is 2.29. The van der Waals surface area contributed by atoms with Crippen LogP contribution in [0.4, 0.5) is 0 Å². The number of ketones is 1. The standard InChI is InChI=1S/C14H16N2O2S/c1-18-10-2-3-11-12(8-10)19-14(16-11)13(17)9-4-6-15-7-5-9/h2-3,8-9,15H,4-7H2,1H3. The second kappa shape index (κ2) is 5.27. The predicted molar refractivity (Wildman–Crippen MR) is 76.1 cm³/mol. The molecule has 1 N–H and O–H groups in total. The van der Waals surface area contributed by atoms with Crippen LogP contribution < -0.4 is 10.1 Å². The van der Waals surface area contributed by atoms with Crippen LogP contribution in [0, 0.1) is 5.92 Å². The number of benzene rings is 1. The van der Waals surface area contributed by atoms with Gasteiger partial charge in [-0.1, -0.05) is 0 Å². The summed E-state index contributed by atoms with van der Waals surface area (Å²) in [6.07, 6.45) is 1.83. The number of hydrogen-bond acceptors (Lipinski definition) is 5. The zero-order valence-corrected chi connectivity index (χ0v) is 11.6. The quantitative estimate of drug-likeness (QED) is 0.875. The highest BCUT2D eigenvalue weighted by Gasteiger charge is 2.24. The number of thiazole rings is 1. The van der Waals surface area contributed by atoms with Crippen LogP contribution in [0.3, 0.4) is 0 Å². The number of fused-ring (bicyclic) bond motifs is 1. The molecule has 0 radical (unpaired) electrons. The second-order valence-corrected chi connectivity index (χ2v) is 5.77. The van der Waals surface area contributed by atoms with Crippen LogP contribution in [-0.2, 0) is 0 Å². The Hall–Kier alpha value is -1.46. The molecule has 4 nitrogen and oxygen atoms in total. The summed E-state index contributed by atoms with van der Waals surface area (Å²) >= 11 is 1.47. The lowest BCUT2D eigenvalue weighted by Gasteiger charge is -2.20. The number of methoxy groups -OCH3 is 1. The van der Waals surface area contributed by atoms with E-state index in [1.54, 1.807) is 7.11 Å². The molecule has 0 bridgehead atoms. The van der Waals surface area contributed by atoms with Crippen molar-refractivity contribution in [3.63, 3.8) is 0 Å². The number of hydrogen-bond donors (Lipinski definition) is 1. The molecule has 2 aromatic rings. The summed E-state index contributed by atoms with van der Waals surface area (Å²) in [5, 5.41) is 3.91. The molecule has 1 aliphatic heterocycles. The lowest BCUT2D eigenvalue weighted by Crippen LogP contribution is -2.31. The van der Waals surface area contributed by atoms with E-state index in [2.05, 4.69) is 10.3 Å². The summed E-state index contributed by atoms with van der Waals surface area (Å²) < 4.78 is 6.20. The van der Waals surface area contributed by atoms with Gasteiger partial charge in [0.05, 0.1) is 17.3 Å². The molecule has 0 spiro atoms. The molecule has 100 valence electrons. The maximum absolute atomic E-state index is 12.4. The minimum absolute atomic E-state index is 0.128. The third kappa shape index (κ3) is 2.48. The second-order valence-electron chi connectivity index (χ2n) is 4.74. The van der Waals surface area contributed by atoms with Crippen LogP contribution in [0.25, 0.3) is 10.2 Å². The molecule has 0 unspecified atom stereocenters. The molecule has 5 heteroatoms. The summed E-state index contributed by atoms with van der Waals surface area (Å²) in [6, 6.07) is 5.72. The summed E-state index contributed by atoms with van der Waals surface area (Å²) in [4.78, 5) is 16.9. The number of ether oxygens (including phenoxy) is 1. The Kier molecular flexibility index (Phi) is 3.48. The van der Waals surface area contributed by atoms with Crippen LogP contribution in [0.1, 0.15) is 22.6 Å². The van der Waals surface area contributed by atoms with Gasteiger partial charge >= 0.3 is 0 Å². The van der Waals surface area contributed by atoms with Gasteiger partial charge in [-0.25, -0.2) is 4.98 Å². The average molecular weight is 276 g/mol. The number of nitrogens with one attached hydrogen (secondary N) is 1. The molecular formula is C14H16N2O2S. The molecule has 1 aliphatic rings. The lowest BCUT2D eigenvalue weighted by atomic mass is 9.94. The smallest absolute Gasteiger partial charge is 0.194 e. The van der Waals surface area contributed by atoms with Crippen LogP contribution in [0.15, 0.2) is 18.2 Å². The number of nitrogens with zero attached hydrogens (tertiary/aromatic N) is 1. The lowest BCUT2D eigenvalue weighted by molar-refractivity contribution is 0.0895. The van der Waals surface area contributed by atoms with E-state index in [-0.39, 0.29) is 11.7 Å². The van der Waals surface area contributed by atoms with Crippen molar-refractivity contribution < 1.29 is 9.53 Å². The molecule has 1 saturated heterocycles. The van der Waals surface area contributed by atoms with Crippen molar-refractivity contribution >= 4 is 27.3 Å². The van der Waals surface area contributed by atoms with Gasteiger partial charge in [0.2, 0.25) is 0 Å². The first kappa shape index (κ1) is 12.6. The monoisotopic (exact) mass is 276 g/mol. The normalized spacial score (nSPS) is 16.7. The third-order valence-electron chi connectivity index (χ3n) is 3.52. The fourth-order valence-corrected chi connectivity index (χ4v) is 3.41. The van der Waals surface area contributed by atoms with Gasteiger partial charge in [-0.2, -0.15) is 0 Å². The van der Waals surface area contributed by atoms with E-state index in [0.717, 1.165) is 41.9 Å². The summed E-state index contributed by atoms with van der Waals surface area (Å²) in [5.41, 5.74) is 0.878. The molecule has 0 saturated carbocycles. The number of Topliss-reactive ketones (excluding diaryl/α,β-unsaturated/α-hetero) is 1. The zero-order chi connectivity index (χ0) is 13.2. The fraction of sp³-hybridized carbons (Fsp3) is 0.429. The molecule has 0 amide bonds. The topological polar surface area (TPSA) is 51.2 Å². The number of rotatable bonds is 3. The highest BCUT2D eigenvalue weighted by atomic mass is 32.1. The summed E-state index contributed by atoms with van der Waals surface area (Å²) in [6.45, 7) is 1.85. The number of carbonyl (C=O) groups excluding carboxylic acids is 1. The number of piperidine rings is 1. The Morgan fingerprint density at radius 1 is 1.42 bits per heavy atom. The summed E-state index contributed by atoms with van der Waals surface area (Å²) in [5.74, 6) is 1.13. The van der Waals surface area contributed by atoms with E-state index in [9.17, 15) is 4.79 Å². The molecular weight excluding hydrogens is 260 g/mol. The Morgan fingerprint density at radius 3 is 2.95 bits per heavy atom. The van der Waals surface area contributed by atoms with Crippen molar-refractivity contribution in [3.05, 3.63) is 23.2 Å². The van der Waals surface area contributed by atoms with Crippen molar-refractivity contribution in [3.8, 4) is 5.75 Å². The van der Waals surface area contributed by atoms with Gasteiger partial charge in [0.1, 0.15) is 5.75 Å². The number of aromatic nitrogens is 1. The van der Waals surface area contributed by atoms with Crippen LogP contribution in [-0.4, -0.2) is 31.0 Å². The van der Waals surface area contributed by atoms with Gasteiger partial charge in [-0.3, -0.25) is 4.79 Å².